The predicted molar refractivity (Wildman–Crippen MR) is 65.1 cm³/mol. The van der Waals surface area contributed by atoms with Crippen molar-refractivity contribution in [2.24, 2.45) is 0 Å². The first-order valence-corrected chi connectivity index (χ1v) is 6.81. The van der Waals surface area contributed by atoms with Crippen LogP contribution in [0.3, 0.4) is 0 Å². The maximum Gasteiger partial charge on any atom is 0.175 e. The van der Waals surface area contributed by atoms with Crippen LogP contribution in [0.5, 0.6) is 0 Å². The fourth-order valence-electron chi connectivity index (χ4n) is 1.90. The van der Waals surface area contributed by atoms with Crippen molar-refractivity contribution in [2.45, 2.75) is 18.1 Å². The number of nitrogens with zero attached hydrogens (tertiary/aromatic N) is 3. The van der Waals surface area contributed by atoms with E-state index in [2.05, 4.69) is 30.5 Å². The Bertz CT molecular complexity index is 490. The number of pyridine rings is 1. The first kappa shape index (κ1) is 9.66. The minimum absolute atomic E-state index is 0.522. The minimum atomic E-state index is 0.522. The molecule has 1 aliphatic heterocycles. The molecule has 3 rings (SSSR count). The Morgan fingerprint density at radius 1 is 1.47 bits per heavy atom. The summed E-state index contributed by atoms with van der Waals surface area (Å²) in [7, 11) is 0. The quantitative estimate of drug-likeness (QED) is 0.806. The Morgan fingerprint density at radius 3 is 3.20 bits per heavy atom. The van der Waals surface area contributed by atoms with Crippen LogP contribution in [-0.2, 0) is 0 Å². The number of hydrogen-bond donors (Lipinski definition) is 0. The number of hydrogen-bond acceptors (Lipinski definition) is 3. The first-order chi connectivity index (χ1) is 7.36. The van der Waals surface area contributed by atoms with Gasteiger partial charge in [-0.15, -0.1) is 10.2 Å². The van der Waals surface area contributed by atoms with Crippen molar-refractivity contribution in [3.05, 3.63) is 28.6 Å². The summed E-state index contributed by atoms with van der Waals surface area (Å²) in [4.78, 5) is 0. The molecule has 1 fully saturated rings. The van der Waals surface area contributed by atoms with Crippen LogP contribution in [0.25, 0.3) is 5.65 Å². The second kappa shape index (κ2) is 3.79. The number of thioether (sulfide) groups is 1. The van der Waals surface area contributed by atoms with Gasteiger partial charge in [-0.05, 0) is 46.7 Å². The van der Waals surface area contributed by atoms with Crippen molar-refractivity contribution in [1.29, 1.82) is 0 Å². The molecule has 0 spiro atoms. The van der Waals surface area contributed by atoms with E-state index in [0.717, 1.165) is 15.9 Å². The molecule has 3 nitrogen and oxygen atoms in total. The molecular weight excluding hydrogens is 274 g/mol. The topological polar surface area (TPSA) is 30.2 Å². The summed E-state index contributed by atoms with van der Waals surface area (Å²) in [6.07, 6.45) is 4.55. The van der Waals surface area contributed by atoms with Crippen molar-refractivity contribution < 1.29 is 0 Å². The van der Waals surface area contributed by atoms with Crippen LogP contribution in [0.2, 0.25) is 0 Å². The van der Waals surface area contributed by atoms with Gasteiger partial charge in [0.2, 0.25) is 0 Å². The molecule has 2 aromatic heterocycles. The summed E-state index contributed by atoms with van der Waals surface area (Å²) in [5.41, 5.74) is 0.917. The second-order valence-corrected chi connectivity index (χ2v) is 5.77. The van der Waals surface area contributed by atoms with Crippen LogP contribution in [0.1, 0.15) is 23.9 Å². The van der Waals surface area contributed by atoms with Gasteiger partial charge in [0.1, 0.15) is 0 Å². The lowest BCUT2D eigenvalue weighted by Crippen LogP contribution is -1.97. The molecule has 5 heteroatoms. The number of aromatic nitrogens is 3. The summed E-state index contributed by atoms with van der Waals surface area (Å²) in [5.74, 6) is 2.34. The van der Waals surface area contributed by atoms with Gasteiger partial charge in [-0.25, -0.2) is 0 Å². The van der Waals surface area contributed by atoms with E-state index >= 15 is 0 Å². The van der Waals surface area contributed by atoms with Gasteiger partial charge < -0.3 is 0 Å². The average molecular weight is 284 g/mol. The SMILES string of the molecule is Brc1cccn2c(C3CCCS3)nnc12. The molecule has 0 bridgehead atoms. The zero-order chi connectivity index (χ0) is 10.3. The molecule has 15 heavy (non-hydrogen) atoms. The highest BCUT2D eigenvalue weighted by molar-refractivity contribution is 9.10. The van der Waals surface area contributed by atoms with Crippen molar-refractivity contribution in [1.82, 2.24) is 14.6 Å². The molecule has 1 atom stereocenters. The Morgan fingerprint density at radius 2 is 2.40 bits per heavy atom. The smallest absolute Gasteiger partial charge is 0.175 e. The molecule has 78 valence electrons. The van der Waals surface area contributed by atoms with E-state index in [4.69, 9.17) is 0 Å². The summed E-state index contributed by atoms with van der Waals surface area (Å²) in [5, 5.41) is 9.04. The fraction of sp³-hybridized carbons (Fsp3) is 0.400. The lowest BCUT2D eigenvalue weighted by atomic mass is 10.2. The zero-order valence-electron chi connectivity index (χ0n) is 8.06. The van der Waals surface area contributed by atoms with Crippen LogP contribution < -0.4 is 0 Å². The van der Waals surface area contributed by atoms with Crippen LogP contribution in [0.15, 0.2) is 22.8 Å². The number of rotatable bonds is 1. The van der Waals surface area contributed by atoms with Gasteiger partial charge in [-0.2, -0.15) is 11.8 Å². The molecule has 0 aliphatic carbocycles. The van der Waals surface area contributed by atoms with Gasteiger partial charge in [-0.1, -0.05) is 0 Å². The highest BCUT2D eigenvalue weighted by atomic mass is 79.9. The number of halogens is 1. The number of fused-ring (bicyclic) bond motifs is 1. The van der Waals surface area contributed by atoms with Crippen molar-refractivity contribution in [3.63, 3.8) is 0 Å². The van der Waals surface area contributed by atoms with E-state index < -0.39 is 0 Å². The van der Waals surface area contributed by atoms with E-state index in [-0.39, 0.29) is 0 Å². The molecule has 0 N–H and O–H groups in total. The zero-order valence-corrected chi connectivity index (χ0v) is 10.5. The Kier molecular flexibility index (Phi) is 2.44. The van der Waals surface area contributed by atoms with Crippen LogP contribution in [0, 0.1) is 0 Å². The third-order valence-corrected chi connectivity index (χ3v) is 4.62. The molecule has 3 heterocycles. The maximum atomic E-state index is 4.30. The van der Waals surface area contributed by atoms with Crippen molar-refractivity contribution in [3.8, 4) is 0 Å². The van der Waals surface area contributed by atoms with Gasteiger partial charge in [0.15, 0.2) is 11.5 Å². The fourth-order valence-corrected chi connectivity index (χ4v) is 3.59. The third-order valence-electron chi connectivity index (χ3n) is 2.63. The van der Waals surface area contributed by atoms with Crippen molar-refractivity contribution >= 4 is 33.3 Å². The molecule has 1 saturated heterocycles. The normalized spacial score (nSPS) is 21.3. The van der Waals surface area contributed by atoms with Gasteiger partial charge in [0.05, 0.1) is 9.72 Å². The second-order valence-electron chi connectivity index (χ2n) is 3.61. The summed E-state index contributed by atoms with van der Waals surface area (Å²) < 4.78 is 3.10. The molecule has 1 unspecified atom stereocenters. The summed E-state index contributed by atoms with van der Waals surface area (Å²) in [6.45, 7) is 0. The standard InChI is InChI=1S/C10H10BrN3S/c11-7-3-1-5-14-9(7)12-13-10(14)8-4-2-6-15-8/h1,3,5,8H,2,4,6H2. The third kappa shape index (κ3) is 1.58. The van der Waals surface area contributed by atoms with Gasteiger partial charge >= 0.3 is 0 Å². The van der Waals surface area contributed by atoms with E-state index in [9.17, 15) is 0 Å². The van der Waals surface area contributed by atoms with E-state index in [1.807, 2.05) is 30.1 Å². The van der Waals surface area contributed by atoms with Gasteiger partial charge in [-0.3, -0.25) is 4.40 Å². The molecule has 0 amide bonds. The largest absolute Gasteiger partial charge is 0.285 e. The van der Waals surface area contributed by atoms with Crippen molar-refractivity contribution in [2.75, 3.05) is 5.75 Å². The monoisotopic (exact) mass is 283 g/mol. The van der Waals surface area contributed by atoms with Gasteiger partial charge in [0, 0.05) is 6.20 Å². The lowest BCUT2D eigenvalue weighted by molar-refractivity contribution is 0.766. The Hall–Kier alpha value is -0.550. The first-order valence-electron chi connectivity index (χ1n) is 4.97. The molecular formula is C10H10BrN3S. The minimum Gasteiger partial charge on any atom is -0.285 e. The summed E-state index contributed by atoms with van der Waals surface area (Å²) in [6, 6.07) is 4.01. The van der Waals surface area contributed by atoms with Crippen LogP contribution >= 0.6 is 27.7 Å². The van der Waals surface area contributed by atoms with E-state index in [0.29, 0.717) is 5.25 Å². The average Bonchev–Trinajstić information content (AvgIpc) is 2.85. The molecule has 0 aromatic carbocycles. The van der Waals surface area contributed by atoms with Gasteiger partial charge in [0.25, 0.3) is 0 Å². The molecule has 0 radical (unpaired) electrons. The molecule has 2 aromatic rings. The van der Waals surface area contributed by atoms with Crippen LogP contribution in [0.4, 0.5) is 0 Å². The maximum absolute atomic E-state index is 4.30. The lowest BCUT2D eigenvalue weighted by Gasteiger charge is -2.05. The Balaban J connectivity index is 2.15. The van der Waals surface area contributed by atoms with E-state index in [1.54, 1.807) is 0 Å². The highest BCUT2D eigenvalue weighted by Crippen LogP contribution is 2.39. The molecule has 1 aliphatic rings. The highest BCUT2D eigenvalue weighted by Gasteiger charge is 2.22. The Labute approximate surface area is 100 Å². The summed E-state index contributed by atoms with van der Waals surface area (Å²) >= 11 is 5.47. The van der Waals surface area contributed by atoms with Crippen LogP contribution in [-0.4, -0.2) is 20.4 Å². The van der Waals surface area contributed by atoms with E-state index in [1.165, 1.54) is 18.6 Å². The predicted octanol–water partition coefficient (Wildman–Crippen LogP) is 3.06. The molecule has 0 saturated carbocycles.